The van der Waals surface area contributed by atoms with Gasteiger partial charge in [0.25, 0.3) is 0 Å². The predicted molar refractivity (Wildman–Crippen MR) is 122 cm³/mol. The van der Waals surface area contributed by atoms with Crippen LogP contribution >= 0.6 is 11.6 Å². The van der Waals surface area contributed by atoms with Gasteiger partial charge in [-0.15, -0.1) is 0 Å². The molecule has 180 valence electrons. The van der Waals surface area contributed by atoms with E-state index in [-0.39, 0.29) is 18.1 Å². The molecule has 4 aromatic rings. The molecule has 0 atom stereocenters. The molecule has 2 heterocycles. The number of carboxylic acids is 1. The Hall–Kier alpha value is -4.39. The third-order valence-corrected chi connectivity index (χ3v) is 5.00. The Bertz CT molecular complexity index is 1410. The van der Waals surface area contributed by atoms with Crippen molar-refractivity contribution in [2.75, 3.05) is 22.5 Å². The minimum absolute atomic E-state index is 0.0762. The molecule has 0 aliphatic rings. The SMILES string of the molecule is O=C(O)CNc1ncnc2c1ncn2-c1ccc(NC(=O)Nc2ccc(Cl)c(C(F)(F)F)c2)cc1. The van der Waals surface area contributed by atoms with E-state index in [2.05, 4.69) is 30.9 Å². The summed E-state index contributed by atoms with van der Waals surface area (Å²) in [5.74, 6) is -0.790. The van der Waals surface area contributed by atoms with Crippen LogP contribution < -0.4 is 16.0 Å². The number of imidazole rings is 1. The summed E-state index contributed by atoms with van der Waals surface area (Å²) in [6.07, 6.45) is -1.90. The monoisotopic (exact) mass is 505 g/mol. The zero-order chi connectivity index (χ0) is 25.2. The molecule has 0 radical (unpaired) electrons. The maximum absolute atomic E-state index is 13.0. The molecule has 0 saturated heterocycles. The van der Waals surface area contributed by atoms with Gasteiger partial charge in [-0.05, 0) is 42.5 Å². The Morgan fingerprint density at radius 1 is 1.00 bits per heavy atom. The van der Waals surface area contributed by atoms with Gasteiger partial charge in [0.15, 0.2) is 17.0 Å². The number of hydrogen-bond donors (Lipinski definition) is 4. The molecule has 0 spiro atoms. The summed E-state index contributed by atoms with van der Waals surface area (Å²) < 4.78 is 40.6. The second kappa shape index (κ2) is 9.46. The first kappa shape index (κ1) is 23.8. The highest BCUT2D eigenvalue weighted by molar-refractivity contribution is 6.31. The fraction of sp³-hybridized carbons (Fsp3) is 0.0952. The molecular formula is C21H15ClF3N7O3. The van der Waals surface area contributed by atoms with Gasteiger partial charge < -0.3 is 21.1 Å². The maximum Gasteiger partial charge on any atom is 0.417 e. The Morgan fingerprint density at radius 2 is 1.69 bits per heavy atom. The van der Waals surface area contributed by atoms with E-state index in [9.17, 15) is 22.8 Å². The number of rotatable bonds is 6. The predicted octanol–water partition coefficient (Wildman–Crippen LogP) is 4.63. The molecule has 2 aromatic carbocycles. The van der Waals surface area contributed by atoms with E-state index in [0.29, 0.717) is 22.5 Å². The van der Waals surface area contributed by atoms with Crippen LogP contribution in [0.4, 0.5) is 35.2 Å². The number of halogens is 4. The Labute approximate surface area is 199 Å². The van der Waals surface area contributed by atoms with Crippen molar-refractivity contribution in [3.63, 3.8) is 0 Å². The van der Waals surface area contributed by atoms with Crippen LogP contribution in [0.3, 0.4) is 0 Å². The molecule has 0 fully saturated rings. The van der Waals surface area contributed by atoms with Gasteiger partial charge >= 0.3 is 18.2 Å². The smallest absolute Gasteiger partial charge is 0.417 e. The van der Waals surface area contributed by atoms with E-state index in [4.69, 9.17) is 16.7 Å². The fourth-order valence-corrected chi connectivity index (χ4v) is 3.36. The largest absolute Gasteiger partial charge is 0.480 e. The highest BCUT2D eigenvalue weighted by Crippen LogP contribution is 2.36. The molecule has 35 heavy (non-hydrogen) atoms. The molecule has 0 aliphatic heterocycles. The number of carbonyl (C=O) groups is 2. The van der Waals surface area contributed by atoms with Gasteiger partial charge in [-0.2, -0.15) is 13.2 Å². The summed E-state index contributed by atoms with van der Waals surface area (Å²) >= 11 is 5.59. The van der Waals surface area contributed by atoms with Crippen molar-refractivity contribution >= 4 is 52.0 Å². The van der Waals surface area contributed by atoms with Gasteiger partial charge in [0.1, 0.15) is 19.2 Å². The highest BCUT2D eigenvalue weighted by atomic mass is 35.5. The minimum atomic E-state index is -4.66. The number of benzene rings is 2. The lowest BCUT2D eigenvalue weighted by atomic mass is 10.2. The Morgan fingerprint density at radius 3 is 2.37 bits per heavy atom. The molecule has 14 heteroatoms. The molecule has 2 amide bonds. The molecular weight excluding hydrogens is 491 g/mol. The summed E-state index contributed by atoms with van der Waals surface area (Å²) in [4.78, 5) is 35.5. The summed E-state index contributed by atoms with van der Waals surface area (Å²) in [7, 11) is 0. The first-order valence-electron chi connectivity index (χ1n) is 9.81. The normalized spacial score (nSPS) is 11.3. The van der Waals surface area contributed by atoms with Gasteiger partial charge in [-0.25, -0.2) is 19.7 Å². The van der Waals surface area contributed by atoms with Gasteiger partial charge in [-0.1, -0.05) is 11.6 Å². The average molecular weight is 506 g/mol. The topological polar surface area (TPSA) is 134 Å². The molecule has 0 bridgehead atoms. The zero-order valence-corrected chi connectivity index (χ0v) is 18.2. The lowest BCUT2D eigenvalue weighted by molar-refractivity contribution is -0.137. The third-order valence-electron chi connectivity index (χ3n) is 4.67. The van der Waals surface area contributed by atoms with Crippen LogP contribution in [0.5, 0.6) is 0 Å². The van der Waals surface area contributed by atoms with E-state index in [1.165, 1.54) is 18.7 Å². The van der Waals surface area contributed by atoms with E-state index >= 15 is 0 Å². The lowest BCUT2D eigenvalue weighted by Gasteiger charge is -2.12. The number of nitrogens with one attached hydrogen (secondary N) is 3. The highest BCUT2D eigenvalue weighted by Gasteiger charge is 2.33. The number of carbonyl (C=O) groups excluding carboxylic acids is 1. The number of hydrogen-bond acceptors (Lipinski definition) is 6. The first-order chi connectivity index (χ1) is 16.6. The number of fused-ring (bicyclic) bond motifs is 1. The van der Waals surface area contributed by atoms with E-state index in [1.54, 1.807) is 28.8 Å². The second-order valence-electron chi connectivity index (χ2n) is 7.07. The van der Waals surface area contributed by atoms with Crippen molar-refractivity contribution in [2.45, 2.75) is 6.18 Å². The number of alkyl halides is 3. The van der Waals surface area contributed by atoms with Crippen LogP contribution in [-0.2, 0) is 11.0 Å². The van der Waals surface area contributed by atoms with E-state index < -0.39 is 28.8 Å². The van der Waals surface area contributed by atoms with Crippen LogP contribution in [0.1, 0.15) is 5.56 Å². The second-order valence-corrected chi connectivity index (χ2v) is 7.48. The molecule has 2 aromatic heterocycles. The average Bonchev–Trinajstić information content (AvgIpc) is 3.23. The van der Waals surface area contributed by atoms with Crippen molar-refractivity contribution in [2.24, 2.45) is 0 Å². The van der Waals surface area contributed by atoms with Crippen LogP contribution in [0.2, 0.25) is 5.02 Å². The standard InChI is InChI=1S/C21H15ClF3N7O3/c22-15-6-3-12(7-14(15)21(23,24)25)31-20(35)30-11-1-4-13(5-2-11)32-10-29-17-18(26-8-16(33)34)27-9-28-19(17)32/h1-7,9-10H,8H2,(H,33,34)(H,26,27,28)(H2,30,31,35). The van der Waals surface area contributed by atoms with E-state index in [1.807, 2.05) is 0 Å². The summed E-state index contributed by atoms with van der Waals surface area (Å²) in [6.45, 7) is -0.338. The van der Waals surface area contributed by atoms with Crippen LogP contribution in [0, 0.1) is 0 Å². The number of aliphatic carboxylic acids is 1. The Balaban J connectivity index is 1.47. The molecule has 4 N–H and O–H groups in total. The van der Waals surface area contributed by atoms with Crippen LogP contribution in [0.15, 0.2) is 55.1 Å². The third kappa shape index (κ3) is 5.41. The number of nitrogens with zero attached hydrogens (tertiary/aromatic N) is 4. The lowest BCUT2D eigenvalue weighted by Crippen LogP contribution is -2.20. The molecule has 0 saturated carbocycles. The fourth-order valence-electron chi connectivity index (χ4n) is 3.13. The minimum Gasteiger partial charge on any atom is -0.480 e. The summed E-state index contributed by atoms with van der Waals surface area (Å²) in [6, 6.07) is 8.78. The molecule has 0 aliphatic carbocycles. The number of urea groups is 1. The maximum atomic E-state index is 13.0. The zero-order valence-electron chi connectivity index (χ0n) is 17.5. The number of carboxylic acid groups (broad SMARTS) is 1. The van der Waals surface area contributed by atoms with Crippen molar-refractivity contribution in [1.82, 2.24) is 19.5 Å². The van der Waals surface area contributed by atoms with Crippen molar-refractivity contribution in [3.05, 3.63) is 65.7 Å². The van der Waals surface area contributed by atoms with Gasteiger partial charge in [-0.3, -0.25) is 9.36 Å². The number of amides is 2. The van der Waals surface area contributed by atoms with Crippen molar-refractivity contribution in [3.8, 4) is 5.69 Å². The first-order valence-corrected chi connectivity index (χ1v) is 10.2. The van der Waals surface area contributed by atoms with Gasteiger partial charge in [0, 0.05) is 17.1 Å². The van der Waals surface area contributed by atoms with Crippen molar-refractivity contribution in [1.29, 1.82) is 0 Å². The quantitative estimate of drug-likeness (QED) is 0.300. The van der Waals surface area contributed by atoms with Gasteiger partial charge in [0.2, 0.25) is 0 Å². The summed E-state index contributed by atoms with van der Waals surface area (Å²) in [5.41, 5.74) is 0.672. The summed E-state index contributed by atoms with van der Waals surface area (Å²) in [5, 5.41) is 15.9. The van der Waals surface area contributed by atoms with E-state index in [0.717, 1.165) is 12.1 Å². The van der Waals surface area contributed by atoms with Gasteiger partial charge in [0.05, 0.1) is 10.6 Å². The van der Waals surface area contributed by atoms with Crippen LogP contribution in [-0.4, -0.2) is 43.2 Å². The number of anilines is 3. The van der Waals surface area contributed by atoms with Crippen molar-refractivity contribution < 1.29 is 27.9 Å². The van der Waals surface area contributed by atoms with Crippen LogP contribution in [0.25, 0.3) is 16.9 Å². The Kier molecular flexibility index (Phi) is 6.42. The molecule has 0 unspecified atom stereocenters. The molecule has 4 rings (SSSR count). The number of aromatic nitrogens is 4. The molecule has 10 nitrogen and oxygen atoms in total.